The third-order valence-corrected chi connectivity index (χ3v) is 7.49. The molecule has 1 aromatic carbocycles. The Morgan fingerprint density at radius 3 is 2.63 bits per heavy atom. The van der Waals surface area contributed by atoms with Crippen molar-refractivity contribution in [1.82, 2.24) is 4.90 Å². The molecule has 2 heterocycles. The van der Waals surface area contributed by atoms with Crippen molar-refractivity contribution in [3.63, 3.8) is 0 Å². The highest BCUT2D eigenvalue weighted by Gasteiger charge is 2.30. The number of rotatable bonds is 7. The molecule has 2 aliphatic heterocycles. The number of nitrogens with zero attached hydrogens (tertiary/aromatic N) is 2. The summed E-state index contributed by atoms with van der Waals surface area (Å²) in [6.45, 7) is 4.37. The number of sulfonamides is 1. The lowest BCUT2D eigenvalue weighted by atomic mass is 9.98. The van der Waals surface area contributed by atoms with Crippen LogP contribution in [0.25, 0.3) is 0 Å². The van der Waals surface area contributed by atoms with Gasteiger partial charge in [-0.15, -0.1) is 0 Å². The summed E-state index contributed by atoms with van der Waals surface area (Å²) in [5.41, 5.74) is 1.79. The summed E-state index contributed by atoms with van der Waals surface area (Å²) in [7, 11) is -3.34. The molecule has 164 valence electrons. The van der Waals surface area contributed by atoms with Gasteiger partial charge in [-0.3, -0.25) is 18.7 Å². The first-order valence-electron chi connectivity index (χ1n) is 10.4. The van der Waals surface area contributed by atoms with Crippen molar-refractivity contribution in [3.8, 4) is 0 Å². The maximum Gasteiger partial charge on any atom is 0.311 e. The van der Waals surface area contributed by atoms with Gasteiger partial charge in [0.15, 0.2) is 12.4 Å². The molecule has 30 heavy (non-hydrogen) atoms. The first-order chi connectivity index (χ1) is 14.3. The van der Waals surface area contributed by atoms with E-state index in [4.69, 9.17) is 4.74 Å². The van der Waals surface area contributed by atoms with Crippen LogP contribution in [0.4, 0.5) is 5.69 Å². The third-order valence-electron chi connectivity index (χ3n) is 5.71. The number of likely N-dealkylation sites (tertiary alicyclic amines) is 1. The summed E-state index contributed by atoms with van der Waals surface area (Å²) in [5, 5.41) is 0. The van der Waals surface area contributed by atoms with Gasteiger partial charge in [-0.1, -0.05) is 6.92 Å². The number of anilines is 1. The van der Waals surface area contributed by atoms with Crippen molar-refractivity contribution >= 4 is 33.4 Å². The van der Waals surface area contributed by atoms with Gasteiger partial charge in [-0.25, -0.2) is 8.42 Å². The molecule has 3 rings (SSSR count). The third kappa shape index (κ3) is 4.66. The fourth-order valence-electron chi connectivity index (χ4n) is 3.95. The number of hydrogen-bond acceptors (Lipinski definition) is 6. The summed E-state index contributed by atoms with van der Waals surface area (Å²) in [5.74, 6) is -1.17. The molecule has 8 nitrogen and oxygen atoms in total. The Morgan fingerprint density at radius 2 is 1.93 bits per heavy atom. The fourth-order valence-corrected chi connectivity index (χ4v) is 5.11. The highest BCUT2D eigenvalue weighted by Crippen LogP contribution is 2.31. The van der Waals surface area contributed by atoms with Gasteiger partial charge in [0.1, 0.15) is 0 Å². The van der Waals surface area contributed by atoms with E-state index in [2.05, 4.69) is 0 Å². The van der Waals surface area contributed by atoms with Gasteiger partial charge >= 0.3 is 5.97 Å². The lowest BCUT2D eigenvalue weighted by Gasteiger charge is -2.31. The van der Waals surface area contributed by atoms with Gasteiger partial charge in [-0.2, -0.15) is 0 Å². The van der Waals surface area contributed by atoms with Crippen molar-refractivity contribution in [3.05, 3.63) is 29.3 Å². The molecule has 0 bridgehead atoms. The second kappa shape index (κ2) is 9.16. The molecule has 1 saturated heterocycles. The zero-order valence-corrected chi connectivity index (χ0v) is 18.2. The number of piperidine rings is 1. The molecule has 0 radical (unpaired) electrons. The van der Waals surface area contributed by atoms with Crippen LogP contribution in [0.1, 0.15) is 49.0 Å². The number of benzene rings is 1. The summed E-state index contributed by atoms with van der Waals surface area (Å²) in [6, 6.07) is 4.89. The number of amides is 1. The van der Waals surface area contributed by atoms with Crippen LogP contribution >= 0.6 is 0 Å². The number of esters is 1. The van der Waals surface area contributed by atoms with Gasteiger partial charge in [0.2, 0.25) is 15.9 Å². The number of fused-ring (bicyclic) bond motifs is 1. The maximum atomic E-state index is 12.5. The Hall–Kier alpha value is -2.42. The molecule has 1 atom stereocenters. The Labute approximate surface area is 177 Å². The average Bonchev–Trinajstić information content (AvgIpc) is 3.20. The van der Waals surface area contributed by atoms with Crippen LogP contribution in [-0.2, 0) is 30.8 Å². The first-order valence-corrected chi connectivity index (χ1v) is 12.0. The average molecular weight is 437 g/mol. The van der Waals surface area contributed by atoms with Crippen LogP contribution in [0.5, 0.6) is 0 Å². The zero-order chi connectivity index (χ0) is 21.9. The SMILES string of the molecule is CCC(=O)N1CCCC(C(=O)OCC(=O)c2ccc3c(c2)CCN3S(=O)(=O)CC)C1. The van der Waals surface area contributed by atoms with Gasteiger partial charge in [-0.05, 0) is 49.9 Å². The Balaban J connectivity index is 1.59. The quantitative estimate of drug-likeness (QED) is 0.477. The summed E-state index contributed by atoms with van der Waals surface area (Å²) in [6.07, 6.45) is 2.32. The number of ketones is 1. The van der Waals surface area contributed by atoms with E-state index in [1.807, 2.05) is 0 Å². The predicted octanol–water partition coefficient (Wildman–Crippen LogP) is 1.77. The number of carbonyl (C=O) groups is 3. The monoisotopic (exact) mass is 436 g/mol. The molecule has 1 amide bonds. The molecule has 1 aromatic rings. The van der Waals surface area contributed by atoms with E-state index >= 15 is 0 Å². The minimum absolute atomic E-state index is 0.0147. The van der Waals surface area contributed by atoms with Gasteiger partial charge in [0, 0.05) is 31.6 Å². The Bertz CT molecular complexity index is 943. The second-order valence-corrected chi connectivity index (χ2v) is 9.81. The van der Waals surface area contributed by atoms with E-state index in [9.17, 15) is 22.8 Å². The minimum Gasteiger partial charge on any atom is -0.457 e. The molecule has 0 spiro atoms. The first kappa shape index (κ1) is 22.3. The second-order valence-electron chi connectivity index (χ2n) is 7.63. The number of ether oxygens (including phenoxy) is 1. The number of hydrogen-bond donors (Lipinski definition) is 0. The molecular formula is C21H28N2O6S. The van der Waals surface area contributed by atoms with Gasteiger partial charge in [0.25, 0.3) is 0 Å². The minimum atomic E-state index is -3.34. The van der Waals surface area contributed by atoms with E-state index in [0.29, 0.717) is 50.1 Å². The molecule has 1 unspecified atom stereocenters. The molecule has 9 heteroatoms. The summed E-state index contributed by atoms with van der Waals surface area (Å²) < 4.78 is 31.0. The van der Waals surface area contributed by atoms with E-state index in [-0.39, 0.29) is 24.1 Å². The molecule has 1 fully saturated rings. The molecule has 2 aliphatic rings. The number of Topliss-reactive ketones (excluding diaryl/α,β-unsaturated/α-hetero) is 1. The van der Waals surface area contributed by atoms with E-state index in [1.54, 1.807) is 36.9 Å². The van der Waals surface area contributed by atoms with Crippen LogP contribution in [-0.4, -0.2) is 63.0 Å². The van der Waals surface area contributed by atoms with Crippen LogP contribution < -0.4 is 4.31 Å². The van der Waals surface area contributed by atoms with Gasteiger partial charge < -0.3 is 9.64 Å². The topological polar surface area (TPSA) is 101 Å². The van der Waals surface area contributed by atoms with Crippen LogP contribution in [0.3, 0.4) is 0 Å². The molecule has 0 aromatic heterocycles. The molecular weight excluding hydrogens is 408 g/mol. The van der Waals surface area contributed by atoms with E-state index < -0.39 is 21.9 Å². The lowest BCUT2D eigenvalue weighted by Crippen LogP contribution is -2.42. The standard InChI is InChI=1S/C21H28N2O6S/c1-3-20(25)22-10-5-6-17(13-22)21(26)29-14-19(24)16-7-8-18-15(12-16)9-11-23(18)30(27,28)4-2/h7-8,12,17H,3-6,9-11,13-14H2,1-2H3. The van der Waals surface area contributed by atoms with E-state index in [1.165, 1.54) is 4.31 Å². The van der Waals surface area contributed by atoms with Gasteiger partial charge in [0.05, 0.1) is 17.4 Å². The largest absolute Gasteiger partial charge is 0.457 e. The predicted molar refractivity (Wildman–Crippen MR) is 112 cm³/mol. The zero-order valence-electron chi connectivity index (χ0n) is 17.4. The maximum absolute atomic E-state index is 12.5. The lowest BCUT2D eigenvalue weighted by molar-refractivity contribution is -0.150. The number of carbonyl (C=O) groups excluding carboxylic acids is 3. The molecule has 0 aliphatic carbocycles. The fraction of sp³-hybridized carbons (Fsp3) is 0.571. The molecule has 0 saturated carbocycles. The highest BCUT2D eigenvalue weighted by molar-refractivity contribution is 7.92. The van der Waals surface area contributed by atoms with Crippen molar-refractivity contribution in [2.24, 2.45) is 5.92 Å². The van der Waals surface area contributed by atoms with Crippen LogP contribution in [0.15, 0.2) is 18.2 Å². The Morgan fingerprint density at radius 1 is 1.17 bits per heavy atom. The molecule has 0 N–H and O–H groups in total. The smallest absolute Gasteiger partial charge is 0.311 e. The highest BCUT2D eigenvalue weighted by atomic mass is 32.2. The Kier molecular flexibility index (Phi) is 6.80. The van der Waals surface area contributed by atoms with Crippen molar-refractivity contribution in [2.45, 2.75) is 39.5 Å². The normalized spacial score (nSPS) is 18.8. The van der Waals surface area contributed by atoms with Crippen molar-refractivity contribution < 1.29 is 27.5 Å². The van der Waals surface area contributed by atoms with E-state index in [0.717, 1.165) is 12.0 Å². The van der Waals surface area contributed by atoms with Crippen molar-refractivity contribution in [1.29, 1.82) is 0 Å². The van der Waals surface area contributed by atoms with Crippen LogP contribution in [0, 0.1) is 5.92 Å². The summed E-state index contributed by atoms with van der Waals surface area (Å²) >= 11 is 0. The summed E-state index contributed by atoms with van der Waals surface area (Å²) in [4.78, 5) is 38.4. The van der Waals surface area contributed by atoms with Crippen molar-refractivity contribution in [2.75, 3.05) is 36.3 Å². The van der Waals surface area contributed by atoms with Crippen LogP contribution in [0.2, 0.25) is 0 Å².